The highest BCUT2D eigenvalue weighted by Crippen LogP contribution is 2.29. The van der Waals surface area contributed by atoms with Crippen LogP contribution in [-0.4, -0.2) is 35.7 Å². The number of nitrogens with one attached hydrogen (secondary N) is 3. The number of amides is 1. The van der Waals surface area contributed by atoms with Gasteiger partial charge in [0.25, 0.3) is 0 Å². The summed E-state index contributed by atoms with van der Waals surface area (Å²) in [6, 6.07) is 5.72. The van der Waals surface area contributed by atoms with Gasteiger partial charge in [-0.15, -0.1) is 0 Å². The molecule has 0 saturated heterocycles. The summed E-state index contributed by atoms with van der Waals surface area (Å²) in [5.41, 5.74) is 15.4. The van der Waals surface area contributed by atoms with Crippen LogP contribution in [-0.2, 0) is 15.7 Å². The van der Waals surface area contributed by atoms with Gasteiger partial charge in [-0.1, -0.05) is 57.2 Å². The van der Waals surface area contributed by atoms with Crippen molar-refractivity contribution in [3.05, 3.63) is 53.1 Å². The summed E-state index contributed by atoms with van der Waals surface area (Å²) in [4.78, 5) is 16.0. The van der Waals surface area contributed by atoms with Crippen molar-refractivity contribution in [3.8, 4) is 0 Å². The third kappa shape index (κ3) is 14.9. The molecule has 2 rings (SSSR count). The summed E-state index contributed by atoms with van der Waals surface area (Å²) in [7, 11) is 0.165. The number of ether oxygens (including phenoxy) is 1. The lowest BCUT2D eigenvalue weighted by atomic mass is 9.84. The SMILES string of the molecule is CCCCC(=N/C=C(\C)c1ccc(N/C(N)=C/C=C(\N)Cl)cc1S(=O)NCC)C1CCCCC1.CNC(=O)OC(C)C. The van der Waals surface area contributed by atoms with Gasteiger partial charge < -0.3 is 26.8 Å². The summed E-state index contributed by atoms with van der Waals surface area (Å²) >= 11 is 5.66. The van der Waals surface area contributed by atoms with Crippen LogP contribution in [0.2, 0.25) is 0 Å². The first-order valence-corrected chi connectivity index (χ1v) is 16.3. The Morgan fingerprint density at radius 2 is 1.88 bits per heavy atom. The van der Waals surface area contributed by atoms with Crippen molar-refractivity contribution in [2.24, 2.45) is 22.4 Å². The summed E-state index contributed by atoms with van der Waals surface area (Å²) < 4.78 is 20.6. The molecule has 1 aromatic rings. The molecule has 1 aliphatic carbocycles. The van der Waals surface area contributed by atoms with Crippen LogP contribution < -0.4 is 26.8 Å². The minimum Gasteiger partial charge on any atom is -0.447 e. The third-order valence-corrected chi connectivity index (χ3v) is 7.84. The van der Waals surface area contributed by atoms with Gasteiger partial charge in [0.05, 0.1) is 16.2 Å². The second-order valence-corrected chi connectivity index (χ2v) is 12.1. The smallest absolute Gasteiger partial charge is 0.407 e. The van der Waals surface area contributed by atoms with Gasteiger partial charge in [0.1, 0.15) is 16.8 Å². The molecule has 42 heavy (non-hydrogen) atoms. The first-order valence-electron chi connectivity index (χ1n) is 14.8. The molecular formula is C31H51ClN6O3S. The van der Waals surface area contributed by atoms with Crippen LogP contribution >= 0.6 is 11.6 Å². The maximum Gasteiger partial charge on any atom is 0.407 e. The normalized spacial score (nSPS) is 16.0. The van der Waals surface area contributed by atoms with E-state index in [0.717, 1.165) is 29.7 Å². The predicted octanol–water partition coefficient (Wildman–Crippen LogP) is 6.89. The minimum atomic E-state index is -1.37. The van der Waals surface area contributed by atoms with Crippen LogP contribution in [0.3, 0.4) is 0 Å². The Morgan fingerprint density at radius 3 is 2.43 bits per heavy atom. The first-order chi connectivity index (χ1) is 20.0. The van der Waals surface area contributed by atoms with Crippen molar-refractivity contribution >= 4 is 45.7 Å². The van der Waals surface area contributed by atoms with E-state index in [0.29, 0.717) is 23.2 Å². The van der Waals surface area contributed by atoms with Gasteiger partial charge >= 0.3 is 6.09 Å². The van der Waals surface area contributed by atoms with E-state index in [9.17, 15) is 9.00 Å². The van der Waals surface area contributed by atoms with Crippen LogP contribution in [0, 0.1) is 5.92 Å². The highest BCUT2D eigenvalue weighted by Gasteiger charge is 2.19. The Bertz CT molecular complexity index is 1120. The zero-order chi connectivity index (χ0) is 31.5. The fourth-order valence-corrected chi connectivity index (χ4v) is 5.50. The summed E-state index contributed by atoms with van der Waals surface area (Å²) in [5.74, 6) is 0.971. The molecule has 236 valence electrons. The van der Waals surface area contributed by atoms with Crippen LogP contribution in [0.1, 0.15) is 91.5 Å². The third-order valence-electron chi connectivity index (χ3n) is 6.43. The fraction of sp³-hybridized carbons (Fsp3) is 0.548. The van der Waals surface area contributed by atoms with Gasteiger partial charge in [0.2, 0.25) is 0 Å². The predicted molar refractivity (Wildman–Crippen MR) is 178 cm³/mol. The molecule has 1 fully saturated rings. The lowest BCUT2D eigenvalue weighted by Gasteiger charge is -2.23. The monoisotopic (exact) mass is 622 g/mol. The Kier molecular flexibility index (Phi) is 18.6. The van der Waals surface area contributed by atoms with Gasteiger partial charge in [-0.2, -0.15) is 0 Å². The van der Waals surface area contributed by atoms with E-state index in [1.165, 1.54) is 57.4 Å². The number of anilines is 1. The van der Waals surface area contributed by atoms with E-state index >= 15 is 0 Å². The molecule has 0 aliphatic heterocycles. The maximum atomic E-state index is 13.0. The van der Waals surface area contributed by atoms with Gasteiger partial charge in [-0.05, 0) is 87.8 Å². The zero-order valence-electron chi connectivity index (χ0n) is 26.1. The molecule has 1 saturated carbocycles. The molecule has 1 atom stereocenters. The molecule has 0 heterocycles. The van der Waals surface area contributed by atoms with Crippen molar-refractivity contribution in [3.63, 3.8) is 0 Å². The lowest BCUT2D eigenvalue weighted by molar-refractivity contribution is 0.117. The Balaban J connectivity index is 0.000000962. The molecule has 7 N–H and O–H groups in total. The molecule has 0 radical (unpaired) electrons. The topological polar surface area (TPSA) is 144 Å². The van der Waals surface area contributed by atoms with Crippen LogP contribution in [0.5, 0.6) is 0 Å². The number of unbranched alkanes of at least 4 members (excludes halogenated alkanes) is 1. The molecule has 9 nitrogen and oxygen atoms in total. The van der Waals surface area contributed by atoms with Crippen LogP contribution in [0.4, 0.5) is 10.5 Å². The fourth-order valence-electron chi connectivity index (χ4n) is 4.36. The number of nitrogens with zero attached hydrogens (tertiary/aromatic N) is 1. The number of carbonyl (C=O) groups is 1. The van der Waals surface area contributed by atoms with Crippen molar-refractivity contribution in [1.82, 2.24) is 10.0 Å². The maximum absolute atomic E-state index is 13.0. The van der Waals surface area contributed by atoms with E-state index in [-0.39, 0.29) is 17.4 Å². The van der Waals surface area contributed by atoms with E-state index in [4.69, 9.17) is 28.1 Å². The number of hydrogen-bond acceptors (Lipinski definition) is 7. The molecule has 1 aliphatic rings. The summed E-state index contributed by atoms with van der Waals surface area (Å²) in [6.07, 6.45) is 14.4. The minimum absolute atomic E-state index is 0.0325. The molecule has 11 heteroatoms. The van der Waals surface area contributed by atoms with Gasteiger partial charge in [-0.25, -0.2) is 13.7 Å². The van der Waals surface area contributed by atoms with Crippen molar-refractivity contribution in [1.29, 1.82) is 0 Å². The molecule has 1 unspecified atom stereocenters. The summed E-state index contributed by atoms with van der Waals surface area (Å²) in [6.45, 7) is 10.4. The lowest BCUT2D eigenvalue weighted by Crippen LogP contribution is -2.22. The largest absolute Gasteiger partial charge is 0.447 e. The van der Waals surface area contributed by atoms with Crippen LogP contribution in [0.15, 0.2) is 57.4 Å². The number of nitrogens with two attached hydrogens (primary N) is 2. The molecular weight excluding hydrogens is 572 g/mol. The van der Waals surface area contributed by atoms with Gasteiger partial charge in [0, 0.05) is 31.2 Å². The molecule has 0 spiro atoms. The molecule has 1 amide bonds. The van der Waals surface area contributed by atoms with E-state index in [1.807, 2.05) is 38.2 Å². The Morgan fingerprint density at radius 1 is 1.19 bits per heavy atom. The van der Waals surface area contributed by atoms with Crippen molar-refractivity contribution in [2.45, 2.75) is 97.0 Å². The zero-order valence-corrected chi connectivity index (χ0v) is 27.7. The Labute approximate surface area is 260 Å². The van der Waals surface area contributed by atoms with E-state index in [2.05, 4.69) is 27.0 Å². The molecule has 0 aromatic heterocycles. The molecule has 1 aromatic carbocycles. The van der Waals surface area contributed by atoms with E-state index < -0.39 is 11.0 Å². The number of halogens is 1. The number of carbonyl (C=O) groups excluding carboxylic acids is 1. The number of benzene rings is 1. The highest BCUT2D eigenvalue weighted by atomic mass is 35.5. The second kappa shape index (κ2) is 21.0. The number of rotatable bonds is 13. The first kappa shape index (κ1) is 37.2. The van der Waals surface area contributed by atoms with Gasteiger partial charge in [-0.3, -0.25) is 4.99 Å². The highest BCUT2D eigenvalue weighted by molar-refractivity contribution is 7.83. The number of aliphatic imine (C=N–C) groups is 1. The second-order valence-electron chi connectivity index (χ2n) is 10.4. The van der Waals surface area contributed by atoms with Crippen LogP contribution in [0.25, 0.3) is 5.57 Å². The average Bonchev–Trinajstić information content (AvgIpc) is 2.96. The van der Waals surface area contributed by atoms with Crippen molar-refractivity contribution in [2.75, 3.05) is 18.9 Å². The molecule has 0 bridgehead atoms. The quantitative estimate of drug-likeness (QED) is 0.0920. The van der Waals surface area contributed by atoms with Gasteiger partial charge in [0.15, 0.2) is 0 Å². The average molecular weight is 623 g/mol. The Hall–Kier alpha value is -2.82. The van der Waals surface area contributed by atoms with Crippen molar-refractivity contribution < 1.29 is 13.7 Å². The summed E-state index contributed by atoms with van der Waals surface area (Å²) in [5, 5.41) is 5.56. The van der Waals surface area contributed by atoms with E-state index in [1.54, 1.807) is 19.9 Å². The number of hydrogen-bond donors (Lipinski definition) is 5. The standard InChI is InChI=1S/C26H40ClN5OS.C5H11NO2/c1-4-6-12-23(20-10-8-7-9-11-20)30-18-19(3)22-14-13-21(17-24(22)34(33)31-5-2)32-26(29)16-15-25(27)28;1-4(2)8-5(7)6-3/h13-18,20,31-32H,4-12,28-29H2,1-3H3;4H,1-3H3,(H,6,7)/b19-18+,25-15-,26-16+,30-23?;. The number of allylic oxidation sites excluding steroid dienone is 3. The number of alkyl carbamates (subject to hydrolysis) is 1.